The van der Waals surface area contributed by atoms with Gasteiger partial charge in [0, 0.05) is 48.9 Å². The number of halogens is 2. The summed E-state index contributed by atoms with van der Waals surface area (Å²) >= 11 is 6.86. The zero-order valence-corrected chi connectivity index (χ0v) is 25.3. The van der Waals surface area contributed by atoms with Crippen LogP contribution in [-0.4, -0.2) is 48.7 Å². The number of rotatable bonds is 7. The number of ether oxygens (including phenoxy) is 2. The van der Waals surface area contributed by atoms with Crippen LogP contribution in [0.3, 0.4) is 0 Å². The first-order valence-electron chi connectivity index (χ1n) is 11.5. The van der Waals surface area contributed by atoms with Gasteiger partial charge in [0.25, 0.3) is 0 Å². The van der Waals surface area contributed by atoms with Crippen molar-refractivity contribution in [3.8, 4) is 0 Å². The number of carbonyl (C=O) groups excluding carboxylic acids is 4. The minimum atomic E-state index is -0.562. The maximum absolute atomic E-state index is 11.6. The van der Waals surface area contributed by atoms with E-state index in [-0.39, 0.29) is 25.1 Å². The van der Waals surface area contributed by atoms with E-state index in [0.29, 0.717) is 6.54 Å². The average molecular weight is 645 g/mol. The Labute approximate surface area is 235 Å². The molecule has 0 aliphatic rings. The van der Waals surface area contributed by atoms with Gasteiger partial charge in [-0.25, -0.2) is 0 Å². The topological polar surface area (TPSA) is 110 Å². The Morgan fingerprint density at radius 2 is 1.38 bits per heavy atom. The number of aryl methyl sites for hydroxylation is 3. The SMILES string of the molecule is CC(=O)OC(C)=O.CC(=O)OCCN(C(C)=O)c1ccc(Br)c(C)c1.Cc1cc(CCCO)ccc1Br. The van der Waals surface area contributed by atoms with Crippen molar-refractivity contribution in [2.24, 2.45) is 0 Å². The number of esters is 3. The third-order valence-corrected chi connectivity index (χ3v) is 6.37. The summed E-state index contributed by atoms with van der Waals surface area (Å²) in [4.78, 5) is 43.5. The molecular formula is C27H35Br2NO7. The van der Waals surface area contributed by atoms with Gasteiger partial charge in [0.2, 0.25) is 5.91 Å². The van der Waals surface area contributed by atoms with E-state index in [1.54, 1.807) is 4.90 Å². The van der Waals surface area contributed by atoms with Crippen LogP contribution < -0.4 is 4.90 Å². The van der Waals surface area contributed by atoms with Gasteiger partial charge in [-0.1, -0.05) is 44.0 Å². The molecule has 0 aliphatic heterocycles. The maximum Gasteiger partial charge on any atom is 0.310 e. The van der Waals surface area contributed by atoms with Crippen LogP contribution in [0.5, 0.6) is 0 Å². The van der Waals surface area contributed by atoms with E-state index in [2.05, 4.69) is 61.7 Å². The van der Waals surface area contributed by atoms with Gasteiger partial charge in [0.05, 0.1) is 6.54 Å². The molecule has 0 unspecified atom stereocenters. The number of nitrogens with zero attached hydrogens (tertiary/aromatic N) is 1. The molecule has 2 aromatic carbocycles. The van der Waals surface area contributed by atoms with Crippen molar-refractivity contribution in [1.29, 1.82) is 0 Å². The summed E-state index contributed by atoms with van der Waals surface area (Å²) in [5.74, 6) is -1.55. The highest BCUT2D eigenvalue weighted by Gasteiger charge is 2.12. The smallest absolute Gasteiger partial charge is 0.310 e. The lowest BCUT2D eigenvalue weighted by molar-refractivity contribution is -0.156. The highest BCUT2D eigenvalue weighted by Crippen LogP contribution is 2.23. The zero-order valence-electron chi connectivity index (χ0n) is 22.1. The molecule has 1 amide bonds. The highest BCUT2D eigenvalue weighted by molar-refractivity contribution is 9.10. The van der Waals surface area contributed by atoms with E-state index in [4.69, 9.17) is 9.84 Å². The molecule has 37 heavy (non-hydrogen) atoms. The van der Waals surface area contributed by atoms with E-state index in [9.17, 15) is 19.2 Å². The van der Waals surface area contributed by atoms with Crippen LogP contribution in [0.2, 0.25) is 0 Å². The Balaban J connectivity index is 0.000000586. The van der Waals surface area contributed by atoms with Crippen LogP contribution in [0.1, 0.15) is 50.8 Å². The second-order valence-electron chi connectivity index (χ2n) is 7.94. The van der Waals surface area contributed by atoms with Gasteiger partial charge in [0.1, 0.15) is 6.61 Å². The van der Waals surface area contributed by atoms with E-state index in [1.165, 1.54) is 38.8 Å². The molecule has 0 bridgehead atoms. The monoisotopic (exact) mass is 643 g/mol. The predicted octanol–water partition coefficient (Wildman–Crippen LogP) is 5.45. The number of amides is 1. The lowest BCUT2D eigenvalue weighted by Crippen LogP contribution is -2.32. The number of benzene rings is 2. The number of carbonyl (C=O) groups is 4. The molecule has 0 atom stereocenters. The summed E-state index contributed by atoms with van der Waals surface area (Å²) in [5.41, 5.74) is 4.40. The Morgan fingerprint density at radius 1 is 0.838 bits per heavy atom. The van der Waals surface area contributed by atoms with Crippen molar-refractivity contribution < 1.29 is 33.8 Å². The largest absolute Gasteiger partial charge is 0.464 e. The fourth-order valence-corrected chi connectivity index (χ4v) is 3.39. The summed E-state index contributed by atoms with van der Waals surface area (Å²) in [5, 5.41) is 8.64. The van der Waals surface area contributed by atoms with Crippen molar-refractivity contribution in [2.75, 3.05) is 24.7 Å². The number of anilines is 1. The summed E-state index contributed by atoms with van der Waals surface area (Å²) in [6.45, 7) is 10.1. The fraction of sp³-hybridized carbons (Fsp3) is 0.407. The van der Waals surface area contributed by atoms with Gasteiger partial charge in [-0.15, -0.1) is 0 Å². The van der Waals surface area contributed by atoms with Crippen molar-refractivity contribution in [3.05, 3.63) is 62.0 Å². The van der Waals surface area contributed by atoms with Crippen LogP contribution in [0, 0.1) is 13.8 Å². The van der Waals surface area contributed by atoms with Gasteiger partial charge >= 0.3 is 17.9 Å². The summed E-state index contributed by atoms with van der Waals surface area (Å²) < 4.78 is 11.0. The molecule has 0 aromatic heterocycles. The Bertz CT molecular complexity index is 1050. The van der Waals surface area contributed by atoms with E-state index in [1.807, 2.05) is 25.1 Å². The zero-order chi connectivity index (χ0) is 28.5. The first-order chi connectivity index (χ1) is 17.3. The molecular weight excluding hydrogens is 610 g/mol. The number of hydrogen-bond acceptors (Lipinski definition) is 7. The fourth-order valence-electron chi connectivity index (χ4n) is 2.89. The van der Waals surface area contributed by atoms with Gasteiger partial charge in [-0.05, 0) is 67.6 Å². The van der Waals surface area contributed by atoms with Crippen LogP contribution in [-0.2, 0) is 35.1 Å². The standard InChI is InChI=1S/C13H16BrNO3.C10H13BrO.C4H6O3/c1-9-8-12(4-5-13(9)14)15(10(2)16)6-7-18-11(3)17;1-8-7-9(3-2-6-12)4-5-10(8)11;1-3(5)7-4(2)6/h4-5,8H,6-7H2,1-3H3;4-5,7,12H,2-3,6H2,1H3;1-2H3. The Kier molecular flexibility index (Phi) is 17.4. The number of hydrogen-bond donors (Lipinski definition) is 1. The lowest BCUT2D eigenvalue weighted by Gasteiger charge is -2.21. The molecule has 0 aliphatic carbocycles. The summed E-state index contributed by atoms with van der Waals surface area (Å²) in [6, 6.07) is 12.0. The summed E-state index contributed by atoms with van der Waals surface area (Å²) in [7, 11) is 0. The normalized spacial score (nSPS) is 9.65. The molecule has 0 heterocycles. The first-order valence-corrected chi connectivity index (χ1v) is 13.1. The van der Waals surface area contributed by atoms with Gasteiger partial charge in [0.15, 0.2) is 0 Å². The molecule has 2 aromatic rings. The second-order valence-corrected chi connectivity index (χ2v) is 9.65. The summed E-state index contributed by atoms with van der Waals surface area (Å²) in [6.07, 6.45) is 1.81. The quantitative estimate of drug-likeness (QED) is 0.315. The number of aliphatic hydroxyl groups is 1. The molecule has 0 saturated heterocycles. The molecule has 0 radical (unpaired) electrons. The molecule has 8 nitrogen and oxygen atoms in total. The third kappa shape index (κ3) is 16.0. The Morgan fingerprint density at radius 3 is 1.78 bits per heavy atom. The van der Waals surface area contributed by atoms with E-state index >= 15 is 0 Å². The Hall–Kier alpha value is -2.56. The molecule has 0 saturated carbocycles. The van der Waals surface area contributed by atoms with Gasteiger partial charge in [-0.2, -0.15) is 0 Å². The van der Waals surface area contributed by atoms with Crippen LogP contribution in [0.25, 0.3) is 0 Å². The lowest BCUT2D eigenvalue weighted by atomic mass is 10.1. The molecule has 2 rings (SSSR count). The van der Waals surface area contributed by atoms with Gasteiger partial charge < -0.3 is 19.5 Å². The van der Waals surface area contributed by atoms with Crippen molar-refractivity contribution in [2.45, 2.75) is 54.4 Å². The van der Waals surface area contributed by atoms with Crippen molar-refractivity contribution in [3.63, 3.8) is 0 Å². The average Bonchev–Trinajstić information content (AvgIpc) is 2.79. The maximum atomic E-state index is 11.6. The molecule has 0 fully saturated rings. The van der Waals surface area contributed by atoms with E-state index < -0.39 is 11.9 Å². The highest BCUT2D eigenvalue weighted by atomic mass is 79.9. The van der Waals surface area contributed by atoms with Crippen molar-refractivity contribution in [1.82, 2.24) is 0 Å². The first kappa shape index (κ1) is 34.4. The minimum absolute atomic E-state index is 0.0797. The molecule has 0 spiro atoms. The second kappa shape index (κ2) is 18.6. The predicted molar refractivity (Wildman–Crippen MR) is 150 cm³/mol. The van der Waals surface area contributed by atoms with Crippen LogP contribution >= 0.6 is 31.9 Å². The van der Waals surface area contributed by atoms with Gasteiger partial charge in [-0.3, -0.25) is 19.2 Å². The molecule has 204 valence electrons. The van der Waals surface area contributed by atoms with Crippen LogP contribution in [0.4, 0.5) is 5.69 Å². The minimum Gasteiger partial charge on any atom is -0.464 e. The van der Waals surface area contributed by atoms with E-state index in [0.717, 1.165) is 33.0 Å². The third-order valence-electron chi connectivity index (χ3n) is 4.59. The van der Waals surface area contributed by atoms with Crippen molar-refractivity contribution >= 4 is 61.4 Å². The molecule has 1 N–H and O–H groups in total. The van der Waals surface area contributed by atoms with Crippen LogP contribution in [0.15, 0.2) is 45.3 Å². The number of aliphatic hydroxyl groups excluding tert-OH is 1. The molecule has 10 heteroatoms.